The minimum absolute atomic E-state index is 0.448. The summed E-state index contributed by atoms with van der Waals surface area (Å²) in [5.74, 6) is 1.56. The monoisotopic (exact) mass is 456 g/mol. The lowest BCUT2D eigenvalue weighted by molar-refractivity contribution is 0.569. The number of rotatable bonds is 3. The lowest BCUT2D eigenvalue weighted by Crippen LogP contribution is -2.09. The largest absolute Gasteiger partial charge is 0.442 e. The Labute approximate surface area is 181 Å². The molecule has 0 N–H and O–H groups in total. The van der Waals surface area contributed by atoms with Gasteiger partial charge in [-0.3, -0.25) is 9.56 Å². The normalized spacial score (nSPS) is 23.1. The molecule has 2 aromatic carbocycles. The predicted molar refractivity (Wildman–Crippen MR) is 117 cm³/mol. The number of benzene rings is 2. The molecule has 0 saturated heterocycles. The van der Waals surface area contributed by atoms with E-state index in [2.05, 4.69) is 66.9 Å². The highest BCUT2D eigenvalue weighted by atomic mass is 79.9. The first-order chi connectivity index (χ1) is 14.7. The van der Waals surface area contributed by atoms with Gasteiger partial charge < -0.3 is 4.42 Å². The maximum absolute atomic E-state index is 5.54. The van der Waals surface area contributed by atoms with Crippen LogP contribution in [0.3, 0.4) is 0 Å². The number of oxazole rings is 1. The molecule has 0 atom stereocenters. The Morgan fingerprint density at radius 3 is 2.73 bits per heavy atom. The van der Waals surface area contributed by atoms with Crippen molar-refractivity contribution in [1.82, 2.24) is 14.5 Å². The first kappa shape index (κ1) is 16.8. The van der Waals surface area contributed by atoms with Crippen molar-refractivity contribution in [2.75, 3.05) is 0 Å². The first-order valence-corrected chi connectivity index (χ1v) is 10.9. The van der Waals surface area contributed by atoms with Crippen LogP contribution in [-0.4, -0.2) is 20.2 Å². The van der Waals surface area contributed by atoms with Crippen LogP contribution in [-0.2, 0) is 12.0 Å². The zero-order valence-corrected chi connectivity index (χ0v) is 17.6. The first-order valence-electron chi connectivity index (χ1n) is 10.1. The molecule has 0 spiro atoms. The van der Waals surface area contributed by atoms with Crippen LogP contribution in [0, 0.1) is 5.92 Å². The van der Waals surface area contributed by atoms with Gasteiger partial charge in [-0.25, -0.2) is 9.97 Å². The van der Waals surface area contributed by atoms with Gasteiger partial charge in [0.15, 0.2) is 12.2 Å². The smallest absolute Gasteiger partial charge is 0.181 e. The summed E-state index contributed by atoms with van der Waals surface area (Å²) in [6.45, 7) is 0.518. The summed E-state index contributed by atoms with van der Waals surface area (Å²) in [5.41, 5.74) is 8.09. The molecule has 6 heteroatoms. The summed E-state index contributed by atoms with van der Waals surface area (Å²) in [6, 6.07) is 15.2. The van der Waals surface area contributed by atoms with Crippen LogP contribution in [0.15, 0.2) is 75.3 Å². The molecule has 2 aromatic heterocycles. The fourth-order valence-corrected chi connectivity index (χ4v) is 5.28. The molecule has 0 amide bonds. The number of hydrogen-bond acceptors (Lipinski definition) is 4. The third kappa shape index (κ3) is 2.25. The number of nitrogens with zero attached hydrogens (tertiary/aromatic N) is 4. The van der Waals surface area contributed by atoms with Gasteiger partial charge in [0.2, 0.25) is 0 Å². The van der Waals surface area contributed by atoms with Crippen molar-refractivity contribution >= 4 is 21.6 Å². The molecule has 2 saturated carbocycles. The van der Waals surface area contributed by atoms with E-state index in [1.165, 1.54) is 24.8 Å². The average Bonchev–Trinajstić information content (AvgIpc) is 3.48. The van der Waals surface area contributed by atoms with Gasteiger partial charge in [-0.05, 0) is 47.9 Å². The standard InChI is InChI=1S/C24H17BrN4O/c25-18-4-2-1-3-16(18)22-17-7-14(24-8-15(24)9-24)5-6-19(17)29-12-28-23(20(29)10-27-22)21-11-26-13-30-21/h1-7,11-13,15H,8-10H2/t15-,24+. The van der Waals surface area contributed by atoms with Gasteiger partial charge in [0, 0.05) is 15.6 Å². The summed E-state index contributed by atoms with van der Waals surface area (Å²) in [4.78, 5) is 13.8. The van der Waals surface area contributed by atoms with Gasteiger partial charge in [0.25, 0.3) is 0 Å². The van der Waals surface area contributed by atoms with Crippen molar-refractivity contribution in [1.29, 1.82) is 0 Å². The molecule has 1 aliphatic heterocycles. The molecular formula is C24H17BrN4O. The highest BCUT2D eigenvalue weighted by Crippen LogP contribution is 2.75. The zero-order chi connectivity index (χ0) is 19.9. The van der Waals surface area contributed by atoms with Crippen molar-refractivity contribution < 1.29 is 4.42 Å². The van der Waals surface area contributed by atoms with Crippen LogP contribution >= 0.6 is 15.9 Å². The fourth-order valence-electron chi connectivity index (χ4n) is 4.81. The molecule has 3 heterocycles. The Kier molecular flexibility index (Phi) is 3.24. The van der Waals surface area contributed by atoms with Crippen LogP contribution in [0.25, 0.3) is 17.1 Å². The average molecular weight is 457 g/mol. The van der Waals surface area contributed by atoms with Crippen LogP contribution in [0.2, 0.25) is 0 Å². The summed E-state index contributed by atoms with van der Waals surface area (Å²) in [5, 5.41) is 0. The minimum atomic E-state index is 0.448. The lowest BCUT2D eigenvalue weighted by Gasteiger charge is -2.15. The van der Waals surface area contributed by atoms with Crippen molar-refractivity contribution in [3.63, 3.8) is 0 Å². The quantitative estimate of drug-likeness (QED) is 0.420. The molecule has 0 bridgehead atoms. The molecule has 0 unspecified atom stereocenters. The Morgan fingerprint density at radius 1 is 1.10 bits per heavy atom. The van der Waals surface area contributed by atoms with Crippen LogP contribution in [0.5, 0.6) is 0 Å². The molecule has 5 nitrogen and oxygen atoms in total. The Bertz CT molecular complexity index is 1350. The number of hydrogen-bond donors (Lipinski definition) is 0. The molecule has 146 valence electrons. The van der Waals surface area contributed by atoms with Crippen molar-refractivity contribution in [2.45, 2.75) is 24.8 Å². The maximum Gasteiger partial charge on any atom is 0.181 e. The number of aromatic nitrogens is 3. The van der Waals surface area contributed by atoms with E-state index in [9.17, 15) is 0 Å². The molecule has 0 radical (unpaired) electrons. The number of aliphatic imine (C=N–C) groups is 1. The number of imidazole rings is 1. The molecule has 4 aromatic rings. The Morgan fingerprint density at radius 2 is 1.97 bits per heavy atom. The van der Waals surface area contributed by atoms with Gasteiger partial charge >= 0.3 is 0 Å². The SMILES string of the molecule is Brc1ccccc1C1=NCc2c(-c3cnco3)ncn2-c2ccc([C@]34C[C@H]3C4)cc21. The number of halogens is 1. The van der Waals surface area contributed by atoms with Crippen LogP contribution in [0.1, 0.15) is 35.2 Å². The molecule has 3 aliphatic rings. The van der Waals surface area contributed by atoms with Crippen molar-refractivity contribution in [3.8, 4) is 17.1 Å². The molecular weight excluding hydrogens is 440 g/mol. The van der Waals surface area contributed by atoms with E-state index in [0.717, 1.165) is 44.3 Å². The summed E-state index contributed by atoms with van der Waals surface area (Å²) in [6.07, 6.45) is 7.68. The van der Waals surface area contributed by atoms with Gasteiger partial charge in [0.1, 0.15) is 12.0 Å². The van der Waals surface area contributed by atoms with E-state index in [0.29, 0.717) is 17.7 Å². The fraction of sp³-hybridized carbons (Fsp3) is 0.208. The molecule has 2 fully saturated rings. The van der Waals surface area contributed by atoms with Gasteiger partial charge in [-0.15, -0.1) is 0 Å². The summed E-state index contributed by atoms with van der Waals surface area (Å²) < 4.78 is 8.74. The van der Waals surface area contributed by atoms with E-state index in [1.54, 1.807) is 6.20 Å². The lowest BCUT2D eigenvalue weighted by atomic mass is 9.94. The maximum atomic E-state index is 5.54. The zero-order valence-electron chi connectivity index (χ0n) is 16.0. The highest BCUT2D eigenvalue weighted by molar-refractivity contribution is 9.10. The molecule has 2 aliphatic carbocycles. The molecule has 7 rings (SSSR count). The predicted octanol–water partition coefficient (Wildman–Crippen LogP) is 5.30. The van der Waals surface area contributed by atoms with E-state index < -0.39 is 0 Å². The van der Waals surface area contributed by atoms with E-state index >= 15 is 0 Å². The highest BCUT2D eigenvalue weighted by Gasteiger charge is 2.70. The van der Waals surface area contributed by atoms with E-state index in [-0.39, 0.29) is 0 Å². The van der Waals surface area contributed by atoms with Gasteiger partial charge in [-0.2, -0.15) is 0 Å². The topological polar surface area (TPSA) is 56.2 Å². The second-order valence-corrected chi connectivity index (χ2v) is 9.27. The summed E-state index contributed by atoms with van der Waals surface area (Å²) in [7, 11) is 0. The van der Waals surface area contributed by atoms with Crippen molar-refractivity contribution in [2.24, 2.45) is 10.9 Å². The van der Waals surface area contributed by atoms with Crippen LogP contribution in [0.4, 0.5) is 0 Å². The molecule has 30 heavy (non-hydrogen) atoms. The third-order valence-corrected chi connectivity index (χ3v) is 7.51. The van der Waals surface area contributed by atoms with Crippen LogP contribution < -0.4 is 0 Å². The number of fused-ring (bicyclic) bond motifs is 4. The Hall–Kier alpha value is -2.99. The summed E-state index contributed by atoms with van der Waals surface area (Å²) >= 11 is 3.74. The minimum Gasteiger partial charge on any atom is -0.442 e. The Balaban J connectivity index is 1.47. The second-order valence-electron chi connectivity index (χ2n) is 8.41. The second kappa shape index (κ2) is 5.79. The van der Waals surface area contributed by atoms with E-state index in [1.807, 2.05) is 12.4 Å². The third-order valence-electron chi connectivity index (χ3n) is 6.82. The van der Waals surface area contributed by atoms with Gasteiger partial charge in [0.05, 0.1) is 29.8 Å². The van der Waals surface area contributed by atoms with Gasteiger partial charge in [-0.1, -0.05) is 40.2 Å². The van der Waals surface area contributed by atoms with E-state index in [4.69, 9.17) is 9.41 Å². The van der Waals surface area contributed by atoms with Crippen molar-refractivity contribution in [3.05, 3.63) is 88.2 Å².